The Labute approximate surface area is 284 Å². The lowest BCUT2D eigenvalue weighted by molar-refractivity contribution is -0.134. The van der Waals surface area contributed by atoms with Gasteiger partial charge in [0.1, 0.15) is 17.9 Å². The van der Waals surface area contributed by atoms with Gasteiger partial charge in [0.05, 0.1) is 30.6 Å². The molecule has 3 N–H and O–H groups in total. The molecule has 2 aromatic carbocycles. The number of carbonyl (C=O) groups excluding carboxylic acids is 2. The van der Waals surface area contributed by atoms with Crippen LogP contribution in [0.1, 0.15) is 29.9 Å². The fourth-order valence-corrected chi connectivity index (χ4v) is 7.30. The van der Waals surface area contributed by atoms with E-state index < -0.39 is 7.14 Å². The van der Waals surface area contributed by atoms with Gasteiger partial charge in [0.2, 0.25) is 17.8 Å². The van der Waals surface area contributed by atoms with Gasteiger partial charge in [0, 0.05) is 68.6 Å². The molecule has 48 heavy (non-hydrogen) atoms. The van der Waals surface area contributed by atoms with E-state index in [0.29, 0.717) is 52.1 Å². The summed E-state index contributed by atoms with van der Waals surface area (Å²) in [7, 11) is -0.918. The number of anilines is 5. The first kappa shape index (κ1) is 33.4. The average Bonchev–Trinajstić information content (AvgIpc) is 3.07. The molecule has 0 aliphatic carbocycles. The predicted octanol–water partition coefficient (Wildman–Crippen LogP) is 5.11. The SMILES string of the molecule is COc1cc(N2CCN(Cc3cncc(C4CCC(=O)NC4=O)c3)CC2)ccc1Nc1ncc(Cl)c(Nc2ccccc2P(C)(C)=O)n1. The molecule has 0 spiro atoms. The lowest BCUT2D eigenvalue weighted by Gasteiger charge is -2.36. The second-order valence-corrected chi connectivity index (χ2v) is 15.9. The van der Waals surface area contributed by atoms with Crippen LogP contribution in [-0.2, 0) is 20.7 Å². The van der Waals surface area contributed by atoms with E-state index in [2.05, 4.69) is 40.7 Å². The number of ether oxygens (including phenoxy) is 1. The molecule has 2 aromatic heterocycles. The summed E-state index contributed by atoms with van der Waals surface area (Å²) in [6, 6.07) is 15.4. The number of benzene rings is 2. The molecule has 6 rings (SSSR count). The highest BCUT2D eigenvalue weighted by molar-refractivity contribution is 7.70. The Morgan fingerprint density at radius 2 is 1.79 bits per heavy atom. The summed E-state index contributed by atoms with van der Waals surface area (Å²) in [6.45, 7) is 7.55. The largest absolute Gasteiger partial charge is 0.494 e. The zero-order valence-corrected chi connectivity index (χ0v) is 28.7. The first-order valence-electron chi connectivity index (χ1n) is 15.7. The molecule has 1 unspecified atom stereocenters. The molecule has 0 bridgehead atoms. The first-order chi connectivity index (χ1) is 23.1. The molecule has 0 saturated carbocycles. The van der Waals surface area contributed by atoms with Crippen molar-refractivity contribution in [1.29, 1.82) is 0 Å². The molecule has 2 amide bonds. The van der Waals surface area contributed by atoms with Crippen molar-refractivity contribution in [1.82, 2.24) is 25.2 Å². The first-order valence-corrected chi connectivity index (χ1v) is 18.7. The minimum Gasteiger partial charge on any atom is -0.494 e. The van der Waals surface area contributed by atoms with E-state index in [9.17, 15) is 14.2 Å². The van der Waals surface area contributed by atoms with Gasteiger partial charge in [-0.2, -0.15) is 4.98 Å². The predicted molar refractivity (Wildman–Crippen MR) is 189 cm³/mol. The second kappa shape index (κ2) is 14.3. The Morgan fingerprint density at radius 3 is 2.54 bits per heavy atom. The smallest absolute Gasteiger partial charge is 0.234 e. The van der Waals surface area contributed by atoms with E-state index >= 15 is 0 Å². The standard InChI is InChI=1S/C34H38ClN8O4P/c1-47-29-17-24(43-14-12-42(13-15-43)21-22-16-23(19-36-18-22)25-9-11-31(44)40-33(25)45)8-10-27(29)39-34-37-20-26(35)32(41-34)38-28-6-4-5-7-30(28)48(2,3)46/h4-8,10,16-20,25H,9,11-15,21H2,1-3H3,(H,40,44,45)(H2,37,38,39,41). The monoisotopic (exact) mass is 688 g/mol. The minimum atomic E-state index is -2.54. The number of nitrogens with one attached hydrogen (secondary N) is 3. The number of methoxy groups -OCH3 is 1. The van der Waals surface area contributed by atoms with Crippen molar-refractivity contribution in [3.63, 3.8) is 0 Å². The zero-order chi connectivity index (χ0) is 33.8. The van der Waals surface area contributed by atoms with Crippen LogP contribution in [-0.4, -0.2) is 78.3 Å². The van der Waals surface area contributed by atoms with Crippen LogP contribution >= 0.6 is 18.7 Å². The van der Waals surface area contributed by atoms with Crippen molar-refractivity contribution in [2.75, 3.05) is 62.2 Å². The van der Waals surface area contributed by atoms with Crippen LogP contribution in [0.3, 0.4) is 0 Å². The van der Waals surface area contributed by atoms with Gasteiger partial charge in [0.15, 0.2) is 5.82 Å². The third-order valence-corrected chi connectivity index (χ3v) is 10.3. The summed E-state index contributed by atoms with van der Waals surface area (Å²) in [5.41, 5.74) is 4.31. The van der Waals surface area contributed by atoms with Crippen LogP contribution in [0.4, 0.5) is 28.8 Å². The summed E-state index contributed by atoms with van der Waals surface area (Å²) in [6.07, 6.45) is 5.93. The number of carbonyl (C=O) groups is 2. The second-order valence-electron chi connectivity index (χ2n) is 12.3. The number of piperazine rings is 1. The Morgan fingerprint density at radius 1 is 1.00 bits per heavy atom. The molecule has 1 atom stereocenters. The number of halogens is 1. The van der Waals surface area contributed by atoms with Crippen LogP contribution in [0.25, 0.3) is 0 Å². The molecule has 14 heteroatoms. The number of imide groups is 1. The molecule has 2 aliphatic rings. The minimum absolute atomic E-state index is 0.218. The normalized spacial score (nSPS) is 17.2. The van der Waals surface area contributed by atoms with E-state index in [0.717, 1.165) is 49.5 Å². The highest BCUT2D eigenvalue weighted by Gasteiger charge is 2.28. The number of para-hydroxylation sites is 1. The molecule has 2 aliphatic heterocycles. The summed E-state index contributed by atoms with van der Waals surface area (Å²) in [4.78, 5) is 41.9. The molecule has 12 nitrogen and oxygen atoms in total. The van der Waals surface area contributed by atoms with Crippen molar-refractivity contribution in [3.8, 4) is 5.75 Å². The maximum absolute atomic E-state index is 12.8. The van der Waals surface area contributed by atoms with Gasteiger partial charge in [-0.05, 0) is 55.1 Å². The van der Waals surface area contributed by atoms with Gasteiger partial charge < -0.3 is 24.8 Å². The molecule has 2 fully saturated rings. The molecular weight excluding hydrogens is 651 g/mol. The number of rotatable bonds is 10. The number of amides is 2. The molecular formula is C34H38ClN8O4P. The lowest BCUT2D eigenvalue weighted by atomic mass is 9.91. The van der Waals surface area contributed by atoms with Crippen LogP contribution in [0, 0.1) is 0 Å². The maximum Gasteiger partial charge on any atom is 0.234 e. The molecule has 4 aromatic rings. The Balaban J connectivity index is 1.09. The van der Waals surface area contributed by atoms with Crippen molar-refractivity contribution in [2.45, 2.75) is 25.3 Å². The number of pyridine rings is 1. The summed E-state index contributed by atoms with van der Waals surface area (Å²) < 4.78 is 18.6. The Kier molecular flexibility index (Phi) is 9.96. The third-order valence-electron chi connectivity index (χ3n) is 8.51. The number of piperidine rings is 1. The molecule has 4 heterocycles. The summed E-state index contributed by atoms with van der Waals surface area (Å²) in [5.74, 6) is 0.549. The molecule has 0 radical (unpaired) electrons. The van der Waals surface area contributed by atoms with Crippen molar-refractivity contribution < 1.29 is 18.9 Å². The van der Waals surface area contributed by atoms with Gasteiger partial charge >= 0.3 is 0 Å². The van der Waals surface area contributed by atoms with Crippen molar-refractivity contribution in [2.24, 2.45) is 0 Å². The van der Waals surface area contributed by atoms with Crippen molar-refractivity contribution in [3.05, 3.63) is 83.3 Å². The number of hydrogen-bond acceptors (Lipinski definition) is 11. The molecule has 250 valence electrons. The number of aromatic nitrogens is 3. The van der Waals surface area contributed by atoms with Crippen molar-refractivity contribution >= 4 is 64.7 Å². The van der Waals surface area contributed by atoms with Gasteiger partial charge in [-0.25, -0.2) is 4.98 Å². The molecule has 2 saturated heterocycles. The summed E-state index contributed by atoms with van der Waals surface area (Å²) >= 11 is 6.44. The highest BCUT2D eigenvalue weighted by atomic mass is 35.5. The van der Waals surface area contributed by atoms with Crippen LogP contribution < -0.4 is 30.9 Å². The van der Waals surface area contributed by atoms with Crippen LogP contribution in [0.5, 0.6) is 5.75 Å². The van der Waals surface area contributed by atoms with Gasteiger partial charge in [-0.1, -0.05) is 29.8 Å². The quantitative estimate of drug-likeness (QED) is 0.151. The third kappa shape index (κ3) is 7.78. The Hall–Kier alpha value is -4.51. The maximum atomic E-state index is 12.8. The lowest BCUT2D eigenvalue weighted by Crippen LogP contribution is -2.46. The fourth-order valence-electron chi connectivity index (χ4n) is 6.01. The van der Waals surface area contributed by atoms with E-state index in [1.165, 1.54) is 6.20 Å². The van der Waals surface area contributed by atoms with E-state index in [1.54, 1.807) is 26.6 Å². The van der Waals surface area contributed by atoms with E-state index in [1.807, 2.05) is 54.7 Å². The van der Waals surface area contributed by atoms with E-state index in [-0.39, 0.29) is 17.7 Å². The zero-order valence-electron chi connectivity index (χ0n) is 27.1. The van der Waals surface area contributed by atoms with E-state index in [4.69, 9.17) is 16.3 Å². The highest BCUT2D eigenvalue weighted by Crippen LogP contribution is 2.39. The Bertz CT molecular complexity index is 1880. The van der Waals surface area contributed by atoms with Crippen LogP contribution in [0.2, 0.25) is 5.02 Å². The van der Waals surface area contributed by atoms with Crippen LogP contribution in [0.15, 0.2) is 67.1 Å². The summed E-state index contributed by atoms with van der Waals surface area (Å²) in [5, 5.41) is 9.95. The fraction of sp³-hybridized carbons (Fsp3) is 0.324. The number of hydrogen-bond donors (Lipinski definition) is 3. The van der Waals surface area contributed by atoms with Gasteiger partial charge in [-0.3, -0.25) is 24.8 Å². The van der Waals surface area contributed by atoms with Gasteiger partial charge in [0.25, 0.3) is 0 Å². The topological polar surface area (TPSA) is 142 Å². The number of nitrogens with zero attached hydrogens (tertiary/aromatic N) is 5. The van der Waals surface area contributed by atoms with Gasteiger partial charge in [-0.15, -0.1) is 0 Å². The average molecular weight is 689 g/mol.